The molecule has 2 heterocycles. The van der Waals surface area contributed by atoms with Gasteiger partial charge in [0.15, 0.2) is 0 Å². The third-order valence-electron chi connectivity index (χ3n) is 5.62. The lowest BCUT2D eigenvalue weighted by Crippen LogP contribution is -2.36. The van der Waals surface area contributed by atoms with Crippen LogP contribution in [0.25, 0.3) is 11.4 Å². The monoisotopic (exact) mass is 383 g/mol. The van der Waals surface area contributed by atoms with Gasteiger partial charge in [0.05, 0.1) is 16.4 Å². The first-order valence-electron chi connectivity index (χ1n) is 9.02. The smallest absolute Gasteiger partial charge is 0.139 e. The van der Waals surface area contributed by atoms with Crippen LogP contribution in [0.3, 0.4) is 0 Å². The van der Waals surface area contributed by atoms with E-state index in [0.717, 1.165) is 59.5 Å². The molecule has 26 heavy (non-hydrogen) atoms. The van der Waals surface area contributed by atoms with Crippen molar-refractivity contribution in [2.75, 3.05) is 0 Å². The highest BCUT2D eigenvalue weighted by molar-refractivity contribution is 6.33. The molecule has 5 heteroatoms. The van der Waals surface area contributed by atoms with Gasteiger partial charge in [-0.1, -0.05) is 47.5 Å². The lowest BCUT2D eigenvalue weighted by Gasteiger charge is -2.32. The fourth-order valence-electron chi connectivity index (χ4n) is 4.25. The Morgan fingerprint density at radius 2 is 1.85 bits per heavy atom. The van der Waals surface area contributed by atoms with Crippen LogP contribution in [0.5, 0.6) is 0 Å². The SMILES string of the molecule is Clc1ccccc1-c1nc2c([nH]1)CN(C1CCc3c(Cl)cccc3C1)C2. The van der Waals surface area contributed by atoms with Crippen molar-refractivity contribution < 1.29 is 0 Å². The molecule has 5 rings (SSSR count). The largest absolute Gasteiger partial charge is 0.340 e. The summed E-state index contributed by atoms with van der Waals surface area (Å²) in [5, 5.41) is 1.65. The highest BCUT2D eigenvalue weighted by atomic mass is 35.5. The highest BCUT2D eigenvalue weighted by Crippen LogP contribution is 2.34. The second-order valence-electron chi connectivity index (χ2n) is 7.17. The number of aromatic amines is 1. The quantitative estimate of drug-likeness (QED) is 0.654. The van der Waals surface area contributed by atoms with E-state index in [1.165, 1.54) is 16.8 Å². The first kappa shape index (κ1) is 16.4. The Hall–Kier alpha value is -1.81. The van der Waals surface area contributed by atoms with Crippen LogP contribution in [0.4, 0.5) is 0 Å². The molecule has 132 valence electrons. The Morgan fingerprint density at radius 1 is 1.00 bits per heavy atom. The summed E-state index contributed by atoms with van der Waals surface area (Å²) in [6.45, 7) is 1.82. The van der Waals surface area contributed by atoms with Crippen molar-refractivity contribution in [2.24, 2.45) is 0 Å². The Kier molecular flexibility index (Phi) is 4.04. The van der Waals surface area contributed by atoms with Crippen LogP contribution in [0, 0.1) is 0 Å². The number of imidazole rings is 1. The third kappa shape index (κ3) is 2.75. The first-order valence-corrected chi connectivity index (χ1v) is 9.77. The average molecular weight is 384 g/mol. The van der Waals surface area contributed by atoms with Gasteiger partial charge in [0.1, 0.15) is 5.82 Å². The predicted molar refractivity (Wildman–Crippen MR) is 106 cm³/mol. The van der Waals surface area contributed by atoms with Gasteiger partial charge in [0.2, 0.25) is 0 Å². The number of nitrogens with one attached hydrogen (secondary N) is 1. The normalized spacial score (nSPS) is 19.4. The molecule has 1 atom stereocenters. The van der Waals surface area contributed by atoms with Gasteiger partial charge in [0.25, 0.3) is 0 Å². The van der Waals surface area contributed by atoms with Gasteiger partial charge in [0, 0.05) is 29.7 Å². The maximum Gasteiger partial charge on any atom is 0.139 e. The van der Waals surface area contributed by atoms with Crippen molar-refractivity contribution in [2.45, 2.75) is 38.4 Å². The molecule has 0 fully saturated rings. The van der Waals surface area contributed by atoms with Crippen LogP contribution in [-0.4, -0.2) is 20.9 Å². The van der Waals surface area contributed by atoms with Gasteiger partial charge >= 0.3 is 0 Å². The second-order valence-corrected chi connectivity index (χ2v) is 7.98. The number of H-pyrrole nitrogens is 1. The number of halogens is 2. The van der Waals surface area contributed by atoms with Gasteiger partial charge in [-0.05, 0) is 48.6 Å². The number of rotatable bonds is 2. The van der Waals surface area contributed by atoms with E-state index < -0.39 is 0 Å². The fourth-order valence-corrected chi connectivity index (χ4v) is 4.76. The minimum absolute atomic E-state index is 0.548. The molecule has 0 saturated carbocycles. The molecular formula is C21H19Cl2N3. The third-order valence-corrected chi connectivity index (χ3v) is 6.31. The summed E-state index contributed by atoms with van der Waals surface area (Å²) in [6, 6.07) is 14.7. The van der Waals surface area contributed by atoms with E-state index in [9.17, 15) is 0 Å². The van der Waals surface area contributed by atoms with Gasteiger partial charge < -0.3 is 4.98 Å². The minimum atomic E-state index is 0.548. The highest BCUT2D eigenvalue weighted by Gasteiger charge is 2.31. The fraction of sp³-hybridized carbons (Fsp3) is 0.286. The summed E-state index contributed by atoms with van der Waals surface area (Å²) in [6.07, 6.45) is 3.28. The van der Waals surface area contributed by atoms with E-state index in [-0.39, 0.29) is 0 Å². The van der Waals surface area contributed by atoms with E-state index >= 15 is 0 Å². The molecular weight excluding hydrogens is 365 g/mol. The first-order chi connectivity index (χ1) is 12.7. The molecule has 2 aliphatic rings. The summed E-state index contributed by atoms with van der Waals surface area (Å²) in [4.78, 5) is 10.8. The Balaban J connectivity index is 1.35. The van der Waals surface area contributed by atoms with Crippen molar-refractivity contribution in [3.05, 3.63) is 75.0 Å². The molecule has 2 aromatic carbocycles. The molecule has 1 N–H and O–H groups in total. The number of hydrogen-bond donors (Lipinski definition) is 1. The number of aromatic nitrogens is 2. The minimum Gasteiger partial charge on any atom is -0.340 e. The predicted octanol–water partition coefficient (Wildman–Crippen LogP) is 5.26. The van der Waals surface area contributed by atoms with Crippen molar-refractivity contribution in [3.63, 3.8) is 0 Å². The molecule has 0 radical (unpaired) electrons. The molecule has 1 aliphatic heterocycles. The van der Waals surface area contributed by atoms with Crippen LogP contribution < -0.4 is 0 Å². The molecule has 1 aliphatic carbocycles. The summed E-state index contributed by atoms with van der Waals surface area (Å²) >= 11 is 12.7. The number of fused-ring (bicyclic) bond motifs is 2. The van der Waals surface area contributed by atoms with Crippen LogP contribution in [0.1, 0.15) is 28.9 Å². The molecule has 1 aromatic heterocycles. The zero-order chi connectivity index (χ0) is 17.7. The maximum atomic E-state index is 6.35. The number of nitrogens with zero attached hydrogens (tertiary/aromatic N) is 2. The van der Waals surface area contributed by atoms with E-state index in [1.807, 2.05) is 30.3 Å². The van der Waals surface area contributed by atoms with Crippen molar-refractivity contribution in [1.29, 1.82) is 0 Å². The van der Waals surface area contributed by atoms with Crippen LogP contribution in [-0.2, 0) is 25.9 Å². The van der Waals surface area contributed by atoms with Crippen molar-refractivity contribution >= 4 is 23.2 Å². The van der Waals surface area contributed by atoms with Gasteiger partial charge in [-0.15, -0.1) is 0 Å². The van der Waals surface area contributed by atoms with Crippen LogP contribution in [0.15, 0.2) is 42.5 Å². The van der Waals surface area contributed by atoms with Crippen LogP contribution >= 0.6 is 23.2 Å². The van der Waals surface area contributed by atoms with Crippen molar-refractivity contribution in [3.8, 4) is 11.4 Å². The second kappa shape index (κ2) is 6.41. The standard InChI is InChI=1S/C21H19Cl2N3/c22-17-7-3-4-13-10-14(8-9-15(13)17)26-11-19-20(12-26)25-21(24-19)16-5-1-2-6-18(16)23/h1-7,14H,8-12H2,(H,24,25). The van der Waals surface area contributed by atoms with E-state index in [2.05, 4.69) is 22.0 Å². The lowest BCUT2D eigenvalue weighted by atomic mass is 9.87. The molecule has 0 amide bonds. The van der Waals surface area contributed by atoms with Gasteiger partial charge in [-0.25, -0.2) is 4.98 Å². The zero-order valence-corrected chi connectivity index (χ0v) is 15.8. The Morgan fingerprint density at radius 3 is 2.69 bits per heavy atom. The molecule has 3 nitrogen and oxygen atoms in total. The van der Waals surface area contributed by atoms with E-state index in [1.54, 1.807) is 0 Å². The Labute approximate surface area is 163 Å². The maximum absolute atomic E-state index is 6.35. The average Bonchev–Trinajstić information content (AvgIpc) is 3.21. The zero-order valence-electron chi connectivity index (χ0n) is 14.3. The molecule has 1 unspecified atom stereocenters. The summed E-state index contributed by atoms with van der Waals surface area (Å²) in [7, 11) is 0. The number of benzene rings is 2. The molecule has 0 saturated heterocycles. The summed E-state index contributed by atoms with van der Waals surface area (Å²) in [5.74, 6) is 0.876. The van der Waals surface area contributed by atoms with Crippen molar-refractivity contribution in [1.82, 2.24) is 14.9 Å². The topological polar surface area (TPSA) is 31.9 Å². The molecule has 0 spiro atoms. The molecule has 0 bridgehead atoms. The lowest BCUT2D eigenvalue weighted by molar-refractivity contribution is 0.179. The summed E-state index contributed by atoms with van der Waals surface area (Å²) in [5.41, 5.74) is 6.07. The molecule has 3 aromatic rings. The van der Waals surface area contributed by atoms with Gasteiger partial charge in [-0.2, -0.15) is 0 Å². The summed E-state index contributed by atoms with van der Waals surface area (Å²) < 4.78 is 0. The van der Waals surface area contributed by atoms with Crippen LogP contribution in [0.2, 0.25) is 10.0 Å². The number of hydrogen-bond acceptors (Lipinski definition) is 2. The van der Waals surface area contributed by atoms with E-state index in [4.69, 9.17) is 28.2 Å². The Bertz CT molecular complexity index is 956. The van der Waals surface area contributed by atoms with E-state index in [0.29, 0.717) is 6.04 Å². The van der Waals surface area contributed by atoms with Gasteiger partial charge in [-0.3, -0.25) is 4.90 Å².